The summed E-state index contributed by atoms with van der Waals surface area (Å²) >= 11 is 0. The molecule has 0 saturated heterocycles. The van der Waals surface area contributed by atoms with Gasteiger partial charge in [0.2, 0.25) is 5.89 Å². The maximum Gasteiger partial charge on any atom is 0.471 e. The minimum Gasteiger partial charge on any atom is -0.459 e. The summed E-state index contributed by atoms with van der Waals surface area (Å²) in [5.74, 6) is -1.29. The molecule has 0 bridgehead atoms. The van der Waals surface area contributed by atoms with Crippen molar-refractivity contribution in [3.8, 4) is 23.1 Å². The molecule has 3 rings (SSSR count). The molecule has 0 aliphatic rings. The van der Waals surface area contributed by atoms with E-state index >= 15 is 0 Å². The van der Waals surface area contributed by atoms with Crippen molar-refractivity contribution in [3.05, 3.63) is 42.7 Å². The summed E-state index contributed by atoms with van der Waals surface area (Å²) in [5, 5.41) is 9.38. The van der Waals surface area contributed by atoms with Crippen molar-refractivity contribution >= 4 is 11.6 Å². The molecule has 23 heavy (non-hydrogen) atoms. The number of amides is 1. The second kappa shape index (κ2) is 5.59. The number of hydrogen-bond donors (Lipinski definition) is 1. The van der Waals surface area contributed by atoms with E-state index in [-0.39, 0.29) is 17.5 Å². The fourth-order valence-electron chi connectivity index (χ4n) is 1.74. The smallest absolute Gasteiger partial charge is 0.459 e. The molecule has 9 heteroatoms. The Balaban J connectivity index is 1.76. The van der Waals surface area contributed by atoms with E-state index < -0.39 is 12.1 Å². The molecule has 0 spiro atoms. The normalized spacial score (nSPS) is 11.4. The van der Waals surface area contributed by atoms with E-state index in [1.807, 2.05) is 0 Å². The highest BCUT2D eigenvalue weighted by molar-refractivity contribution is 5.95. The molecule has 0 aliphatic carbocycles. The maximum absolute atomic E-state index is 12.2. The number of carbonyl (C=O) groups is 1. The van der Waals surface area contributed by atoms with Crippen molar-refractivity contribution in [1.29, 1.82) is 0 Å². The van der Waals surface area contributed by atoms with Gasteiger partial charge in [0, 0.05) is 11.3 Å². The molecule has 0 aliphatic heterocycles. The Morgan fingerprint density at radius 2 is 1.74 bits per heavy atom. The molecule has 2 aromatic heterocycles. The van der Waals surface area contributed by atoms with Crippen LogP contribution in [0.5, 0.6) is 0 Å². The Labute approximate surface area is 126 Å². The van der Waals surface area contributed by atoms with Crippen LogP contribution in [0.4, 0.5) is 18.9 Å². The Morgan fingerprint density at radius 1 is 1.04 bits per heavy atom. The molecule has 0 atom stereocenters. The average molecular weight is 323 g/mol. The van der Waals surface area contributed by atoms with Gasteiger partial charge >= 0.3 is 12.1 Å². The van der Waals surface area contributed by atoms with Gasteiger partial charge in [0.1, 0.15) is 0 Å². The third-order valence-corrected chi connectivity index (χ3v) is 2.80. The van der Waals surface area contributed by atoms with E-state index in [2.05, 4.69) is 10.2 Å². The second-order valence-electron chi connectivity index (χ2n) is 4.42. The fourth-order valence-corrected chi connectivity index (χ4v) is 1.74. The van der Waals surface area contributed by atoms with Gasteiger partial charge in [0.25, 0.3) is 5.89 Å². The van der Waals surface area contributed by atoms with E-state index in [1.54, 1.807) is 17.4 Å². The highest BCUT2D eigenvalue weighted by Gasteiger charge is 2.38. The van der Waals surface area contributed by atoms with Crippen LogP contribution in [0.3, 0.4) is 0 Å². The van der Waals surface area contributed by atoms with Gasteiger partial charge in [-0.15, -0.1) is 10.2 Å². The van der Waals surface area contributed by atoms with E-state index in [0.29, 0.717) is 11.3 Å². The Morgan fingerprint density at radius 3 is 2.35 bits per heavy atom. The summed E-state index contributed by atoms with van der Waals surface area (Å²) in [6.07, 6.45) is -3.49. The molecule has 118 valence electrons. The standard InChI is InChI=1S/C14H8F3N3O3/c15-14(16,17)13(21)18-9-5-3-8(4-6-9)11-19-20-12(23-11)10-2-1-7-22-10/h1-7H,(H,18,21). The third kappa shape index (κ3) is 3.23. The minimum absolute atomic E-state index is 0.00171. The first-order valence-electron chi connectivity index (χ1n) is 6.29. The molecule has 6 nitrogen and oxygen atoms in total. The zero-order chi connectivity index (χ0) is 16.4. The van der Waals surface area contributed by atoms with Crippen molar-refractivity contribution in [2.45, 2.75) is 6.18 Å². The van der Waals surface area contributed by atoms with E-state index in [0.717, 1.165) is 0 Å². The molecule has 3 aromatic rings. The van der Waals surface area contributed by atoms with Crippen molar-refractivity contribution < 1.29 is 26.8 Å². The predicted octanol–water partition coefficient (Wildman–Crippen LogP) is 3.50. The number of alkyl halides is 3. The summed E-state index contributed by atoms with van der Waals surface area (Å²) in [4.78, 5) is 10.8. The van der Waals surface area contributed by atoms with Gasteiger partial charge in [0.15, 0.2) is 5.76 Å². The Hall–Kier alpha value is -3.10. The summed E-state index contributed by atoms with van der Waals surface area (Å²) in [5.41, 5.74) is 0.488. The molecule has 0 unspecified atom stereocenters. The van der Waals surface area contributed by atoms with Gasteiger partial charge in [-0.2, -0.15) is 13.2 Å². The molecule has 0 saturated carbocycles. The molecule has 1 N–H and O–H groups in total. The number of nitrogens with zero attached hydrogens (tertiary/aromatic N) is 2. The minimum atomic E-state index is -4.94. The molecule has 1 aromatic carbocycles. The van der Waals surface area contributed by atoms with Gasteiger partial charge in [-0.1, -0.05) is 0 Å². The number of aromatic nitrogens is 2. The van der Waals surface area contributed by atoms with E-state index in [9.17, 15) is 18.0 Å². The van der Waals surface area contributed by atoms with Crippen LogP contribution in [0.1, 0.15) is 0 Å². The van der Waals surface area contributed by atoms with Crippen molar-refractivity contribution in [2.75, 3.05) is 5.32 Å². The Bertz CT molecular complexity index is 808. The van der Waals surface area contributed by atoms with Crippen LogP contribution >= 0.6 is 0 Å². The average Bonchev–Trinajstić information content (AvgIpc) is 3.18. The highest BCUT2D eigenvalue weighted by Crippen LogP contribution is 2.25. The second-order valence-corrected chi connectivity index (χ2v) is 4.42. The van der Waals surface area contributed by atoms with Gasteiger partial charge in [-0.25, -0.2) is 0 Å². The van der Waals surface area contributed by atoms with Crippen LogP contribution in [0.2, 0.25) is 0 Å². The number of nitrogens with one attached hydrogen (secondary N) is 1. The van der Waals surface area contributed by atoms with Gasteiger partial charge in [-0.05, 0) is 36.4 Å². The first-order chi connectivity index (χ1) is 10.9. The maximum atomic E-state index is 12.2. The van der Waals surface area contributed by atoms with Crippen LogP contribution in [-0.4, -0.2) is 22.3 Å². The van der Waals surface area contributed by atoms with E-state index in [4.69, 9.17) is 8.83 Å². The van der Waals surface area contributed by atoms with Crippen LogP contribution in [0.25, 0.3) is 23.1 Å². The van der Waals surface area contributed by atoms with Gasteiger partial charge in [-0.3, -0.25) is 4.79 Å². The summed E-state index contributed by atoms with van der Waals surface area (Å²) in [6.45, 7) is 0. The molecule has 1 amide bonds. The third-order valence-electron chi connectivity index (χ3n) is 2.80. The monoisotopic (exact) mass is 323 g/mol. The molecule has 0 fully saturated rings. The van der Waals surface area contributed by atoms with Gasteiger partial charge in [0.05, 0.1) is 6.26 Å². The summed E-state index contributed by atoms with van der Waals surface area (Å²) in [6, 6.07) is 8.81. The lowest BCUT2D eigenvalue weighted by Gasteiger charge is -2.07. The number of anilines is 1. The number of rotatable bonds is 3. The van der Waals surface area contributed by atoms with Crippen LogP contribution in [0, 0.1) is 0 Å². The van der Waals surface area contributed by atoms with Crippen LogP contribution in [0.15, 0.2) is 51.5 Å². The molecular weight excluding hydrogens is 315 g/mol. The molecular formula is C14H8F3N3O3. The number of benzene rings is 1. The lowest BCUT2D eigenvalue weighted by Crippen LogP contribution is -2.29. The first-order valence-corrected chi connectivity index (χ1v) is 6.29. The highest BCUT2D eigenvalue weighted by atomic mass is 19.4. The SMILES string of the molecule is O=C(Nc1ccc(-c2nnc(-c3ccco3)o2)cc1)C(F)(F)F. The largest absolute Gasteiger partial charge is 0.471 e. The number of halogens is 3. The topological polar surface area (TPSA) is 81.2 Å². The van der Waals surface area contributed by atoms with Crippen molar-refractivity contribution in [1.82, 2.24) is 10.2 Å². The zero-order valence-electron chi connectivity index (χ0n) is 11.3. The lowest BCUT2D eigenvalue weighted by molar-refractivity contribution is -0.167. The molecule has 0 radical (unpaired) electrons. The van der Waals surface area contributed by atoms with E-state index in [1.165, 1.54) is 30.5 Å². The first kappa shape index (κ1) is 14.8. The Kier molecular flexibility index (Phi) is 3.61. The predicted molar refractivity (Wildman–Crippen MR) is 72.1 cm³/mol. The zero-order valence-corrected chi connectivity index (χ0v) is 11.3. The van der Waals surface area contributed by atoms with Crippen LogP contribution in [-0.2, 0) is 4.79 Å². The quantitative estimate of drug-likeness (QED) is 0.798. The summed E-state index contributed by atoms with van der Waals surface area (Å²) in [7, 11) is 0. The van der Waals surface area contributed by atoms with Gasteiger partial charge < -0.3 is 14.2 Å². The molecule has 2 heterocycles. The summed E-state index contributed by atoms with van der Waals surface area (Å²) < 4.78 is 47.0. The van der Waals surface area contributed by atoms with Crippen LogP contribution < -0.4 is 5.32 Å². The number of carbonyl (C=O) groups excluding carboxylic acids is 1. The van der Waals surface area contributed by atoms with Crippen molar-refractivity contribution in [3.63, 3.8) is 0 Å². The number of hydrogen-bond acceptors (Lipinski definition) is 5. The number of furan rings is 1. The van der Waals surface area contributed by atoms with Crippen molar-refractivity contribution in [2.24, 2.45) is 0 Å². The fraction of sp³-hybridized carbons (Fsp3) is 0.0714. The lowest BCUT2D eigenvalue weighted by atomic mass is 10.2.